The zero-order valence-corrected chi connectivity index (χ0v) is 14.0. The van der Waals surface area contributed by atoms with E-state index >= 15 is 0 Å². The summed E-state index contributed by atoms with van der Waals surface area (Å²) in [6, 6.07) is 8.86. The molecule has 0 spiro atoms. The summed E-state index contributed by atoms with van der Waals surface area (Å²) in [6.45, 7) is 1.31. The Bertz CT molecular complexity index is 653. The van der Waals surface area contributed by atoms with Gasteiger partial charge in [0.15, 0.2) is 0 Å². The van der Waals surface area contributed by atoms with Crippen LogP contribution in [0.4, 0.5) is 0 Å². The average molecular weight is 346 g/mol. The first-order chi connectivity index (χ1) is 12.0. The van der Waals surface area contributed by atoms with Gasteiger partial charge < -0.3 is 19.6 Å². The normalized spacial score (nSPS) is 19.8. The van der Waals surface area contributed by atoms with Gasteiger partial charge in [-0.05, 0) is 18.6 Å². The quantitative estimate of drug-likeness (QED) is 0.864. The molecule has 0 aromatic heterocycles. The lowest BCUT2D eigenvalue weighted by molar-refractivity contribution is -0.162. The summed E-state index contributed by atoms with van der Waals surface area (Å²) >= 11 is 0. The Balaban J connectivity index is 1.61. The van der Waals surface area contributed by atoms with Crippen molar-refractivity contribution in [3.8, 4) is 5.75 Å². The van der Waals surface area contributed by atoms with Crippen LogP contribution in [0.3, 0.4) is 0 Å². The molecule has 0 radical (unpaired) electrons. The lowest BCUT2D eigenvalue weighted by atomic mass is 9.91. The van der Waals surface area contributed by atoms with Gasteiger partial charge in [0, 0.05) is 38.9 Å². The van der Waals surface area contributed by atoms with E-state index in [0.717, 1.165) is 6.42 Å². The molecule has 2 saturated heterocycles. The maximum atomic E-state index is 12.4. The van der Waals surface area contributed by atoms with E-state index in [-0.39, 0.29) is 31.2 Å². The molecule has 2 fully saturated rings. The summed E-state index contributed by atoms with van der Waals surface area (Å²) < 4.78 is 5.78. The summed E-state index contributed by atoms with van der Waals surface area (Å²) in [6.07, 6.45) is 1.73. The Morgan fingerprint density at radius 3 is 2.36 bits per heavy atom. The van der Waals surface area contributed by atoms with E-state index in [1.54, 1.807) is 34.1 Å². The van der Waals surface area contributed by atoms with Crippen molar-refractivity contribution in [1.82, 2.24) is 9.80 Å². The average Bonchev–Trinajstić information content (AvgIpc) is 3.01. The third-order valence-corrected chi connectivity index (χ3v) is 4.87. The predicted molar refractivity (Wildman–Crippen MR) is 89.1 cm³/mol. The monoisotopic (exact) mass is 346 g/mol. The van der Waals surface area contributed by atoms with Gasteiger partial charge in [0.05, 0.1) is 6.54 Å². The number of ether oxygens (including phenoxy) is 1. The fourth-order valence-electron chi connectivity index (χ4n) is 3.33. The second-order valence-electron chi connectivity index (χ2n) is 6.51. The first-order valence-corrected chi connectivity index (χ1v) is 8.53. The molecule has 7 nitrogen and oxygen atoms in total. The maximum Gasteiger partial charge on any atom is 0.348 e. The molecule has 7 heteroatoms. The maximum absolute atomic E-state index is 12.4. The molecule has 0 saturated carbocycles. The largest absolute Gasteiger partial charge is 0.478 e. The molecule has 1 aromatic carbocycles. The number of nitrogens with zero attached hydrogens (tertiary/aromatic N) is 2. The Kier molecular flexibility index (Phi) is 4.92. The predicted octanol–water partition coefficient (Wildman–Crippen LogP) is 1.13. The third kappa shape index (κ3) is 3.75. The molecule has 1 N–H and O–H groups in total. The van der Waals surface area contributed by atoms with Crippen LogP contribution in [0.2, 0.25) is 0 Å². The van der Waals surface area contributed by atoms with E-state index in [1.807, 2.05) is 6.07 Å². The highest BCUT2D eigenvalue weighted by molar-refractivity contribution is 5.86. The summed E-state index contributed by atoms with van der Waals surface area (Å²) in [4.78, 5) is 39.0. The summed E-state index contributed by atoms with van der Waals surface area (Å²) in [7, 11) is 0. The number of piperidine rings is 1. The number of aliphatic carboxylic acids is 1. The molecule has 2 heterocycles. The Labute approximate surface area is 146 Å². The van der Waals surface area contributed by atoms with Gasteiger partial charge in [-0.15, -0.1) is 0 Å². The van der Waals surface area contributed by atoms with Crippen LogP contribution in [0, 0.1) is 0 Å². The van der Waals surface area contributed by atoms with Crippen molar-refractivity contribution in [2.75, 3.05) is 26.2 Å². The van der Waals surface area contributed by atoms with E-state index in [0.29, 0.717) is 31.8 Å². The Hall–Kier alpha value is -2.57. The highest BCUT2D eigenvalue weighted by Crippen LogP contribution is 2.29. The minimum atomic E-state index is -1.32. The van der Waals surface area contributed by atoms with Crippen LogP contribution in [-0.2, 0) is 14.4 Å². The number of rotatable bonds is 5. The van der Waals surface area contributed by atoms with Crippen LogP contribution >= 0.6 is 0 Å². The highest BCUT2D eigenvalue weighted by atomic mass is 16.5. The van der Waals surface area contributed by atoms with Crippen LogP contribution in [-0.4, -0.2) is 64.5 Å². The van der Waals surface area contributed by atoms with Gasteiger partial charge >= 0.3 is 5.97 Å². The van der Waals surface area contributed by atoms with Crippen molar-refractivity contribution < 1.29 is 24.2 Å². The molecular weight excluding hydrogens is 324 g/mol. The summed E-state index contributed by atoms with van der Waals surface area (Å²) in [5, 5.41) is 9.66. The van der Waals surface area contributed by atoms with Crippen molar-refractivity contribution in [2.24, 2.45) is 0 Å². The van der Waals surface area contributed by atoms with Crippen molar-refractivity contribution in [1.29, 1.82) is 0 Å². The summed E-state index contributed by atoms with van der Waals surface area (Å²) in [5.41, 5.74) is -1.32. The topological polar surface area (TPSA) is 87.2 Å². The van der Waals surface area contributed by atoms with E-state index < -0.39 is 11.6 Å². The van der Waals surface area contributed by atoms with E-state index in [2.05, 4.69) is 0 Å². The standard InChI is InChI=1S/C18H22N2O5/c21-15-7-4-10-20(15)13-16(22)19-11-8-18(9-12-19,17(23)24)25-14-5-2-1-3-6-14/h1-3,5-6H,4,7-13H2,(H,23,24). The molecule has 25 heavy (non-hydrogen) atoms. The number of hydrogen-bond donors (Lipinski definition) is 1. The molecule has 1 aromatic rings. The molecule has 0 atom stereocenters. The Morgan fingerprint density at radius 2 is 1.80 bits per heavy atom. The zero-order valence-electron chi connectivity index (χ0n) is 14.0. The number of carboxylic acid groups (broad SMARTS) is 1. The number of hydrogen-bond acceptors (Lipinski definition) is 4. The second kappa shape index (κ2) is 7.13. The van der Waals surface area contributed by atoms with Crippen LogP contribution in [0.1, 0.15) is 25.7 Å². The number of likely N-dealkylation sites (tertiary alicyclic amines) is 2. The molecule has 0 bridgehead atoms. The van der Waals surface area contributed by atoms with Crippen molar-refractivity contribution in [3.63, 3.8) is 0 Å². The van der Waals surface area contributed by atoms with Gasteiger partial charge in [0.2, 0.25) is 17.4 Å². The number of carboxylic acids is 1. The Morgan fingerprint density at radius 1 is 1.12 bits per heavy atom. The number of benzene rings is 1. The third-order valence-electron chi connectivity index (χ3n) is 4.87. The summed E-state index contributed by atoms with van der Waals surface area (Å²) in [5.74, 6) is -0.628. The number of amides is 2. The van der Waals surface area contributed by atoms with Crippen LogP contribution in [0.15, 0.2) is 30.3 Å². The minimum Gasteiger partial charge on any atom is -0.478 e. The molecular formula is C18H22N2O5. The van der Waals surface area contributed by atoms with Crippen molar-refractivity contribution >= 4 is 17.8 Å². The van der Waals surface area contributed by atoms with Gasteiger partial charge in [-0.2, -0.15) is 0 Å². The van der Waals surface area contributed by atoms with Gasteiger partial charge in [0.1, 0.15) is 5.75 Å². The zero-order chi connectivity index (χ0) is 17.9. The van der Waals surface area contributed by atoms with Gasteiger partial charge in [-0.25, -0.2) is 4.79 Å². The molecule has 2 amide bonds. The number of carbonyl (C=O) groups is 3. The lowest BCUT2D eigenvalue weighted by Gasteiger charge is -2.39. The minimum absolute atomic E-state index is 0.0117. The van der Waals surface area contributed by atoms with Gasteiger partial charge in [-0.1, -0.05) is 18.2 Å². The molecule has 0 aliphatic carbocycles. The van der Waals surface area contributed by atoms with Crippen LogP contribution < -0.4 is 4.74 Å². The SMILES string of the molecule is O=C(CN1CCCC1=O)N1CCC(Oc2ccccc2)(C(=O)O)CC1. The smallest absolute Gasteiger partial charge is 0.348 e. The van der Waals surface area contributed by atoms with Gasteiger partial charge in [-0.3, -0.25) is 9.59 Å². The fraction of sp³-hybridized carbons (Fsp3) is 0.500. The number of carbonyl (C=O) groups excluding carboxylic acids is 2. The van der Waals surface area contributed by atoms with Crippen LogP contribution in [0.5, 0.6) is 5.75 Å². The first-order valence-electron chi connectivity index (χ1n) is 8.53. The first kappa shape index (κ1) is 17.3. The van der Waals surface area contributed by atoms with Crippen molar-refractivity contribution in [2.45, 2.75) is 31.3 Å². The van der Waals surface area contributed by atoms with E-state index in [9.17, 15) is 19.5 Å². The molecule has 2 aliphatic rings. The van der Waals surface area contributed by atoms with Gasteiger partial charge in [0.25, 0.3) is 0 Å². The van der Waals surface area contributed by atoms with E-state index in [1.165, 1.54) is 0 Å². The van der Waals surface area contributed by atoms with Crippen LogP contribution in [0.25, 0.3) is 0 Å². The lowest BCUT2D eigenvalue weighted by Crippen LogP contribution is -2.55. The number of para-hydroxylation sites is 1. The highest BCUT2D eigenvalue weighted by Gasteiger charge is 2.45. The molecule has 134 valence electrons. The van der Waals surface area contributed by atoms with E-state index in [4.69, 9.17) is 4.74 Å². The molecule has 3 rings (SSSR count). The second-order valence-corrected chi connectivity index (χ2v) is 6.51. The van der Waals surface area contributed by atoms with Crippen molar-refractivity contribution in [3.05, 3.63) is 30.3 Å². The molecule has 2 aliphatic heterocycles. The molecule has 0 unspecified atom stereocenters. The fourth-order valence-corrected chi connectivity index (χ4v) is 3.33.